The molecule has 0 N–H and O–H groups in total. The van der Waals surface area contributed by atoms with Gasteiger partial charge in [0, 0.05) is 4.91 Å². The summed E-state index contributed by atoms with van der Waals surface area (Å²) in [5, 5.41) is 3.50. The zero-order valence-corrected chi connectivity index (χ0v) is 8.36. The van der Waals surface area contributed by atoms with Crippen LogP contribution in [0.1, 0.15) is 13.8 Å². The van der Waals surface area contributed by atoms with E-state index in [9.17, 15) is 4.79 Å². The van der Waals surface area contributed by atoms with Crippen molar-refractivity contribution in [3.63, 3.8) is 0 Å². The van der Waals surface area contributed by atoms with Gasteiger partial charge in [0.05, 0.1) is 0 Å². The summed E-state index contributed by atoms with van der Waals surface area (Å²) >= 11 is 0. The molecule has 2 aliphatic heterocycles. The van der Waals surface area contributed by atoms with E-state index in [1.54, 1.807) is 13.8 Å². The van der Waals surface area contributed by atoms with Crippen molar-refractivity contribution in [2.75, 3.05) is 0 Å². The molecule has 2 fully saturated rings. The molecule has 2 aliphatic rings. The molecule has 0 aliphatic carbocycles. The van der Waals surface area contributed by atoms with Crippen molar-refractivity contribution in [2.45, 2.75) is 44.2 Å². The molecule has 7 heteroatoms. The summed E-state index contributed by atoms with van der Waals surface area (Å²) in [6, 6.07) is -0.653. The Balaban J connectivity index is 2.20. The number of rotatable bonds is 2. The molecule has 0 unspecified atom stereocenters. The topological polar surface area (TPSA) is 93.5 Å². The van der Waals surface area contributed by atoms with Crippen molar-refractivity contribution in [1.82, 2.24) is 0 Å². The van der Waals surface area contributed by atoms with Gasteiger partial charge in [0.2, 0.25) is 0 Å². The zero-order valence-electron chi connectivity index (χ0n) is 8.36. The number of hydrogen-bond donors (Lipinski definition) is 0. The van der Waals surface area contributed by atoms with Crippen LogP contribution in [0.5, 0.6) is 0 Å². The Labute approximate surface area is 85.9 Å². The summed E-state index contributed by atoms with van der Waals surface area (Å²) in [5.41, 5.74) is 8.38. The van der Waals surface area contributed by atoms with E-state index in [1.165, 1.54) is 0 Å². The molecule has 2 rings (SSSR count). The minimum Gasteiger partial charge on any atom is -0.341 e. The van der Waals surface area contributed by atoms with Crippen molar-refractivity contribution in [3.05, 3.63) is 10.4 Å². The molecule has 0 spiro atoms. The van der Waals surface area contributed by atoms with Gasteiger partial charge in [-0.05, 0) is 19.4 Å². The second-order valence-electron chi connectivity index (χ2n) is 3.90. The van der Waals surface area contributed by atoms with Crippen LogP contribution in [0.15, 0.2) is 5.11 Å². The molecule has 82 valence electrons. The van der Waals surface area contributed by atoms with Crippen LogP contribution in [-0.2, 0) is 19.0 Å². The van der Waals surface area contributed by atoms with Gasteiger partial charge in [0.1, 0.15) is 24.5 Å². The fraction of sp³-hybridized carbons (Fsp3) is 0.875. The minimum absolute atomic E-state index is 0.508. The molecule has 15 heavy (non-hydrogen) atoms. The van der Waals surface area contributed by atoms with E-state index in [2.05, 4.69) is 10.0 Å². The number of azide groups is 1. The summed E-state index contributed by atoms with van der Waals surface area (Å²) in [7, 11) is 0. The number of hydrogen-bond acceptors (Lipinski definition) is 5. The van der Waals surface area contributed by atoms with E-state index in [-0.39, 0.29) is 0 Å². The normalized spacial score (nSPS) is 42.0. The molecule has 0 saturated carbocycles. The highest BCUT2D eigenvalue weighted by Crippen LogP contribution is 2.38. The van der Waals surface area contributed by atoms with E-state index < -0.39 is 30.3 Å². The lowest BCUT2D eigenvalue weighted by Crippen LogP contribution is -2.33. The Morgan fingerprint density at radius 1 is 1.47 bits per heavy atom. The van der Waals surface area contributed by atoms with E-state index >= 15 is 0 Å². The first kappa shape index (κ1) is 10.4. The van der Waals surface area contributed by atoms with Gasteiger partial charge in [0.25, 0.3) is 0 Å². The summed E-state index contributed by atoms with van der Waals surface area (Å²) in [5.74, 6) is -0.771. The lowest BCUT2D eigenvalue weighted by Gasteiger charge is -2.20. The highest BCUT2D eigenvalue weighted by atomic mass is 16.8. The van der Waals surface area contributed by atoms with Crippen molar-refractivity contribution >= 4 is 6.29 Å². The Hall–Kier alpha value is -1.14. The third-order valence-electron chi connectivity index (χ3n) is 2.37. The van der Waals surface area contributed by atoms with Crippen LogP contribution in [0.4, 0.5) is 0 Å². The van der Waals surface area contributed by atoms with Crippen molar-refractivity contribution < 1.29 is 19.0 Å². The fourth-order valence-electron chi connectivity index (χ4n) is 1.82. The Kier molecular flexibility index (Phi) is 2.40. The standard InChI is InChI=1S/C8H11N3O4/c1-8(2)14-6-5(10-11-9)4(3-12)13-7(6)15-8/h3-7H,1-2H3/t4-,5-,6-,7-/m1/s1. The number of fused-ring (bicyclic) bond motifs is 1. The van der Waals surface area contributed by atoms with E-state index in [4.69, 9.17) is 19.7 Å². The summed E-state index contributed by atoms with van der Waals surface area (Å²) in [4.78, 5) is 13.3. The maximum absolute atomic E-state index is 10.7. The largest absolute Gasteiger partial charge is 0.341 e. The third-order valence-corrected chi connectivity index (χ3v) is 2.37. The number of nitrogens with zero attached hydrogens (tertiary/aromatic N) is 3. The minimum atomic E-state index is -0.785. The Morgan fingerprint density at radius 2 is 2.20 bits per heavy atom. The monoisotopic (exact) mass is 213 g/mol. The van der Waals surface area contributed by atoms with Crippen molar-refractivity contribution in [3.8, 4) is 0 Å². The van der Waals surface area contributed by atoms with Crippen LogP contribution in [0.3, 0.4) is 0 Å². The van der Waals surface area contributed by atoms with Gasteiger partial charge in [-0.25, -0.2) is 0 Å². The Morgan fingerprint density at radius 3 is 2.80 bits per heavy atom. The molecular formula is C8H11N3O4. The first-order chi connectivity index (χ1) is 7.07. The van der Waals surface area contributed by atoms with Crippen molar-refractivity contribution in [2.24, 2.45) is 5.11 Å². The van der Waals surface area contributed by atoms with Gasteiger partial charge in [0.15, 0.2) is 12.1 Å². The van der Waals surface area contributed by atoms with Crippen LogP contribution in [0.2, 0.25) is 0 Å². The highest BCUT2D eigenvalue weighted by Gasteiger charge is 2.54. The summed E-state index contributed by atoms with van der Waals surface area (Å²) in [6.07, 6.45) is -1.33. The van der Waals surface area contributed by atoms with Crippen LogP contribution in [0, 0.1) is 0 Å². The molecule has 4 atom stereocenters. The van der Waals surface area contributed by atoms with Gasteiger partial charge in [-0.1, -0.05) is 5.11 Å². The molecule has 2 saturated heterocycles. The molecular weight excluding hydrogens is 202 g/mol. The van der Waals surface area contributed by atoms with Gasteiger partial charge >= 0.3 is 0 Å². The van der Waals surface area contributed by atoms with Gasteiger partial charge in [-0.3, -0.25) is 0 Å². The third kappa shape index (κ3) is 1.70. The van der Waals surface area contributed by atoms with Crippen molar-refractivity contribution in [1.29, 1.82) is 0 Å². The molecule has 2 heterocycles. The molecule has 0 aromatic heterocycles. The van der Waals surface area contributed by atoms with E-state index in [0.717, 1.165) is 0 Å². The fourth-order valence-corrected chi connectivity index (χ4v) is 1.82. The number of carbonyl (C=O) groups is 1. The second kappa shape index (κ2) is 3.46. The lowest BCUT2D eigenvalue weighted by molar-refractivity contribution is -0.204. The average molecular weight is 213 g/mol. The quantitative estimate of drug-likeness (QED) is 0.292. The van der Waals surface area contributed by atoms with Gasteiger partial charge in [-0.2, -0.15) is 0 Å². The molecule has 0 radical (unpaired) electrons. The molecule has 0 aromatic rings. The molecule has 0 bridgehead atoms. The SMILES string of the molecule is CC1(C)O[C@H]2O[C@H](C=O)[C@@H](N=[N+]=[N-])[C@H]2O1. The van der Waals surface area contributed by atoms with Crippen LogP contribution >= 0.6 is 0 Å². The molecule has 0 aromatic carbocycles. The predicted octanol–water partition coefficient (Wildman–Crippen LogP) is 0.741. The van der Waals surface area contributed by atoms with E-state index in [1.807, 2.05) is 0 Å². The molecule has 7 nitrogen and oxygen atoms in total. The molecule has 0 amide bonds. The van der Waals surface area contributed by atoms with Crippen LogP contribution < -0.4 is 0 Å². The summed E-state index contributed by atoms with van der Waals surface area (Å²) in [6.45, 7) is 3.47. The smallest absolute Gasteiger partial charge is 0.188 e. The number of ether oxygens (including phenoxy) is 3. The summed E-state index contributed by atoms with van der Waals surface area (Å²) < 4.78 is 16.1. The van der Waals surface area contributed by atoms with E-state index in [0.29, 0.717) is 6.29 Å². The first-order valence-electron chi connectivity index (χ1n) is 4.58. The zero-order chi connectivity index (χ0) is 11.1. The average Bonchev–Trinajstić information content (AvgIpc) is 2.60. The first-order valence-corrected chi connectivity index (χ1v) is 4.58. The number of aldehydes is 1. The number of carbonyl (C=O) groups excluding carboxylic acids is 1. The predicted molar refractivity (Wildman–Crippen MR) is 47.7 cm³/mol. The van der Waals surface area contributed by atoms with Gasteiger partial charge in [-0.15, -0.1) is 0 Å². The maximum Gasteiger partial charge on any atom is 0.188 e. The second-order valence-corrected chi connectivity index (χ2v) is 3.90. The van der Waals surface area contributed by atoms with Crippen LogP contribution in [0.25, 0.3) is 10.4 Å². The lowest BCUT2D eigenvalue weighted by atomic mass is 10.1. The van der Waals surface area contributed by atoms with Crippen LogP contribution in [-0.4, -0.2) is 36.6 Å². The maximum atomic E-state index is 10.7. The van der Waals surface area contributed by atoms with Gasteiger partial charge < -0.3 is 19.0 Å². The Bertz CT molecular complexity index is 326. The highest BCUT2D eigenvalue weighted by molar-refractivity contribution is 5.58.